The molecular formula is C20H14ClN5O5S. The number of non-ortho nitro benzene ring substituents is 1. The summed E-state index contributed by atoms with van der Waals surface area (Å²) in [4.78, 5) is 26.6. The van der Waals surface area contributed by atoms with Gasteiger partial charge in [-0.3, -0.25) is 20.3 Å². The Morgan fingerprint density at radius 1 is 1.31 bits per heavy atom. The van der Waals surface area contributed by atoms with Crippen molar-refractivity contribution in [1.82, 2.24) is 5.01 Å². The average Bonchev–Trinajstić information content (AvgIpc) is 3.24. The molecule has 162 valence electrons. The van der Waals surface area contributed by atoms with E-state index < -0.39 is 10.8 Å². The van der Waals surface area contributed by atoms with Gasteiger partial charge < -0.3 is 9.47 Å². The van der Waals surface area contributed by atoms with E-state index in [-0.39, 0.29) is 34.5 Å². The van der Waals surface area contributed by atoms with Crippen LogP contribution in [0.25, 0.3) is 6.08 Å². The van der Waals surface area contributed by atoms with Gasteiger partial charge in [0.2, 0.25) is 0 Å². The lowest BCUT2D eigenvalue weighted by Crippen LogP contribution is -2.35. The number of halogens is 1. The first-order chi connectivity index (χ1) is 15.4. The number of fused-ring (bicyclic) bond motifs is 1. The van der Waals surface area contributed by atoms with Crippen molar-refractivity contribution >= 4 is 57.6 Å². The number of hydrogen-bond donors (Lipinski definition) is 1. The van der Waals surface area contributed by atoms with Crippen LogP contribution in [-0.4, -0.2) is 39.5 Å². The summed E-state index contributed by atoms with van der Waals surface area (Å²) < 4.78 is 11.2. The Morgan fingerprint density at radius 3 is 2.75 bits per heavy atom. The number of ether oxygens (including phenoxy) is 2. The fourth-order valence-electron chi connectivity index (χ4n) is 2.94. The molecule has 2 aliphatic rings. The molecule has 0 saturated carbocycles. The summed E-state index contributed by atoms with van der Waals surface area (Å²) in [6.07, 6.45) is 1.48. The Labute approximate surface area is 190 Å². The van der Waals surface area contributed by atoms with Crippen molar-refractivity contribution in [1.29, 1.82) is 5.41 Å². The SMILES string of the molecule is COc1cc(C=C2C(=N)N3N=CSC3=NC2=O)cc(Cl)c1OCc1ccc([N+](=O)[O-])cc1. The van der Waals surface area contributed by atoms with Crippen molar-refractivity contribution in [3.8, 4) is 11.5 Å². The first-order valence-electron chi connectivity index (χ1n) is 9.04. The largest absolute Gasteiger partial charge is 0.493 e. The molecular weight excluding hydrogens is 458 g/mol. The molecule has 0 bridgehead atoms. The molecule has 0 spiro atoms. The molecule has 2 aliphatic heterocycles. The fraction of sp³-hybridized carbons (Fsp3) is 0.100. The van der Waals surface area contributed by atoms with E-state index in [4.69, 9.17) is 26.5 Å². The summed E-state index contributed by atoms with van der Waals surface area (Å²) >= 11 is 7.56. The lowest BCUT2D eigenvalue weighted by Gasteiger charge is -2.20. The molecule has 4 rings (SSSR count). The number of carbonyl (C=O) groups excluding carboxylic acids is 1. The number of methoxy groups -OCH3 is 1. The number of aliphatic imine (C=N–C) groups is 1. The van der Waals surface area contributed by atoms with Crippen LogP contribution in [0.2, 0.25) is 5.02 Å². The second kappa shape index (κ2) is 8.81. The van der Waals surface area contributed by atoms with Crippen molar-refractivity contribution in [3.63, 3.8) is 0 Å². The van der Waals surface area contributed by atoms with Gasteiger partial charge in [0.1, 0.15) is 6.61 Å². The van der Waals surface area contributed by atoms with Gasteiger partial charge in [0.25, 0.3) is 11.6 Å². The standard InChI is InChI=1S/C20H14ClN5O5S/c1-30-16-8-12(6-14-18(22)25-20(24-19(14)27)32-10-23-25)7-15(21)17(16)31-9-11-2-4-13(5-3-11)26(28)29/h2-8,10,22H,9H2,1H3. The third-order valence-electron chi connectivity index (χ3n) is 4.49. The van der Waals surface area contributed by atoms with Crippen molar-refractivity contribution < 1.29 is 19.2 Å². The Kier molecular flexibility index (Phi) is 5.93. The van der Waals surface area contributed by atoms with Gasteiger partial charge in [-0.05, 0) is 53.2 Å². The molecule has 12 heteroatoms. The Bertz CT molecular complexity index is 1230. The lowest BCUT2D eigenvalue weighted by molar-refractivity contribution is -0.384. The van der Waals surface area contributed by atoms with Crippen LogP contribution < -0.4 is 9.47 Å². The number of thioether (sulfide) groups is 1. The number of nitro groups is 1. The summed E-state index contributed by atoms with van der Waals surface area (Å²) in [5, 5.41) is 24.9. The Balaban J connectivity index is 1.58. The van der Waals surface area contributed by atoms with Crippen LogP contribution in [0.1, 0.15) is 11.1 Å². The molecule has 1 amide bonds. The van der Waals surface area contributed by atoms with Gasteiger partial charge in [-0.25, -0.2) is 0 Å². The van der Waals surface area contributed by atoms with E-state index in [9.17, 15) is 14.9 Å². The maximum Gasteiger partial charge on any atom is 0.283 e. The van der Waals surface area contributed by atoms with Crippen molar-refractivity contribution in [2.75, 3.05) is 7.11 Å². The molecule has 0 fully saturated rings. The topological polar surface area (TPSA) is 130 Å². The number of benzene rings is 2. The first-order valence-corrected chi connectivity index (χ1v) is 10.3. The molecule has 0 unspecified atom stereocenters. The van der Waals surface area contributed by atoms with E-state index in [1.165, 1.54) is 35.9 Å². The third-order valence-corrected chi connectivity index (χ3v) is 5.45. The number of carbonyl (C=O) groups is 1. The quantitative estimate of drug-likeness (QED) is 0.381. The normalized spacial score (nSPS) is 16.2. The zero-order valence-electron chi connectivity index (χ0n) is 16.4. The number of nitro benzene ring substituents is 1. The van der Waals surface area contributed by atoms with E-state index >= 15 is 0 Å². The van der Waals surface area contributed by atoms with E-state index in [2.05, 4.69) is 10.1 Å². The molecule has 0 radical (unpaired) electrons. The predicted octanol–water partition coefficient (Wildman–Crippen LogP) is 4.08. The zero-order chi connectivity index (χ0) is 22.8. The second-order valence-electron chi connectivity index (χ2n) is 6.50. The predicted molar refractivity (Wildman–Crippen MR) is 122 cm³/mol. The van der Waals surface area contributed by atoms with Gasteiger partial charge in [-0.2, -0.15) is 15.1 Å². The molecule has 0 atom stereocenters. The molecule has 0 aromatic heterocycles. The van der Waals surface area contributed by atoms with E-state index in [0.29, 0.717) is 22.0 Å². The van der Waals surface area contributed by atoms with E-state index in [1.807, 2.05) is 0 Å². The molecule has 32 heavy (non-hydrogen) atoms. The van der Waals surface area contributed by atoms with Crippen molar-refractivity contribution in [2.24, 2.45) is 10.1 Å². The molecule has 2 aromatic carbocycles. The number of nitrogens with zero attached hydrogens (tertiary/aromatic N) is 4. The minimum absolute atomic E-state index is 0.0146. The highest BCUT2D eigenvalue weighted by Crippen LogP contribution is 2.38. The van der Waals surface area contributed by atoms with Crippen LogP contribution in [0.4, 0.5) is 5.69 Å². The highest BCUT2D eigenvalue weighted by atomic mass is 35.5. The van der Waals surface area contributed by atoms with E-state index in [1.54, 1.807) is 24.3 Å². The number of nitrogens with one attached hydrogen (secondary N) is 1. The fourth-order valence-corrected chi connectivity index (χ4v) is 3.82. The molecule has 10 nitrogen and oxygen atoms in total. The number of hydrogen-bond acceptors (Lipinski definition) is 8. The molecule has 1 N–H and O–H groups in total. The second-order valence-corrected chi connectivity index (χ2v) is 7.72. The van der Waals surface area contributed by atoms with Gasteiger partial charge in [-0.1, -0.05) is 11.6 Å². The first kappa shape index (κ1) is 21.5. The molecule has 0 aliphatic carbocycles. The minimum atomic E-state index is -0.548. The summed E-state index contributed by atoms with van der Waals surface area (Å²) in [7, 11) is 1.45. The third kappa shape index (κ3) is 4.20. The number of amidine groups is 2. The van der Waals surface area contributed by atoms with Crippen LogP contribution in [0, 0.1) is 15.5 Å². The monoisotopic (exact) mass is 471 g/mol. The van der Waals surface area contributed by atoms with Gasteiger partial charge in [-0.15, -0.1) is 0 Å². The number of rotatable bonds is 6. The van der Waals surface area contributed by atoms with Gasteiger partial charge >= 0.3 is 0 Å². The maximum atomic E-state index is 12.4. The zero-order valence-corrected chi connectivity index (χ0v) is 18.0. The van der Waals surface area contributed by atoms with Crippen LogP contribution in [0.15, 0.2) is 52.1 Å². The van der Waals surface area contributed by atoms with E-state index in [0.717, 1.165) is 11.8 Å². The van der Waals surface area contributed by atoms with Crippen molar-refractivity contribution in [2.45, 2.75) is 6.61 Å². The maximum absolute atomic E-state index is 12.4. The minimum Gasteiger partial charge on any atom is -0.493 e. The smallest absolute Gasteiger partial charge is 0.283 e. The highest BCUT2D eigenvalue weighted by molar-refractivity contribution is 8.25. The molecule has 2 aromatic rings. The van der Waals surface area contributed by atoms with Gasteiger partial charge in [0.05, 0.1) is 28.2 Å². The van der Waals surface area contributed by atoms with Crippen molar-refractivity contribution in [3.05, 3.63) is 68.2 Å². The summed E-state index contributed by atoms with van der Waals surface area (Å²) in [6.45, 7) is 0.111. The van der Waals surface area contributed by atoms with Gasteiger partial charge in [0.15, 0.2) is 22.5 Å². The number of hydrazone groups is 1. The van der Waals surface area contributed by atoms with Crippen LogP contribution in [0.5, 0.6) is 11.5 Å². The van der Waals surface area contributed by atoms with Crippen LogP contribution in [-0.2, 0) is 11.4 Å². The Morgan fingerprint density at radius 2 is 2.06 bits per heavy atom. The summed E-state index contributed by atoms with van der Waals surface area (Å²) in [5.74, 6) is -0.0387. The molecule has 0 saturated heterocycles. The molecule has 2 heterocycles. The van der Waals surface area contributed by atoms with Crippen LogP contribution >= 0.6 is 23.4 Å². The lowest BCUT2D eigenvalue weighted by atomic mass is 10.1. The Hall–Kier alpha value is -3.70. The van der Waals surface area contributed by atoms with Crippen LogP contribution in [0.3, 0.4) is 0 Å². The van der Waals surface area contributed by atoms with Gasteiger partial charge in [0, 0.05) is 12.1 Å². The highest BCUT2D eigenvalue weighted by Gasteiger charge is 2.32. The summed E-state index contributed by atoms with van der Waals surface area (Å²) in [5.41, 5.74) is 2.77. The number of amides is 1. The summed E-state index contributed by atoms with van der Waals surface area (Å²) in [6, 6.07) is 9.15. The average molecular weight is 472 g/mol.